The molecule has 1 aliphatic rings. The molecule has 0 radical (unpaired) electrons. The Bertz CT molecular complexity index is 1640. The van der Waals surface area contributed by atoms with Crippen LogP contribution in [0.5, 0.6) is 11.5 Å². The molecule has 0 N–H and O–H groups in total. The van der Waals surface area contributed by atoms with Crippen molar-refractivity contribution >= 4 is 22.6 Å². The number of alkyl halides is 3. The van der Waals surface area contributed by atoms with Crippen molar-refractivity contribution < 1.29 is 36.2 Å². The van der Waals surface area contributed by atoms with Gasteiger partial charge in [-0.25, -0.2) is 4.39 Å². The molecule has 0 bridgehead atoms. The van der Waals surface area contributed by atoms with Crippen LogP contribution in [0.15, 0.2) is 82.5 Å². The molecule has 0 spiro atoms. The number of nitrogens with zero attached hydrogens (tertiary/aromatic N) is 1. The van der Waals surface area contributed by atoms with E-state index < -0.39 is 34.9 Å². The second-order valence-corrected chi connectivity index (χ2v) is 8.45. The third-order valence-electron chi connectivity index (χ3n) is 6.14. The molecule has 2 heterocycles. The van der Waals surface area contributed by atoms with Crippen LogP contribution in [0.2, 0.25) is 0 Å². The first-order valence-electron chi connectivity index (χ1n) is 11.3. The van der Waals surface area contributed by atoms with Crippen molar-refractivity contribution in [1.82, 2.24) is 0 Å². The van der Waals surface area contributed by atoms with Crippen LogP contribution < -0.4 is 19.8 Å². The SMILES string of the molecule is C=CCOc1ccc(C2c3c(oc4ccc(F)cc4c3=O)C(=O)N2c2cccc(C(F)(F)F)c2)cc1OC. The maximum absolute atomic E-state index is 14.0. The summed E-state index contributed by atoms with van der Waals surface area (Å²) >= 11 is 0. The largest absolute Gasteiger partial charge is 0.493 e. The highest BCUT2D eigenvalue weighted by Gasteiger charge is 2.44. The number of benzene rings is 3. The van der Waals surface area contributed by atoms with Crippen LogP contribution in [0.25, 0.3) is 11.0 Å². The van der Waals surface area contributed by atoms with Crippen molar-refractivity contribution in [2.45, 2.75) is 12.2 Å². The molecule has 6 nitrogen and oxygen atoms in total. The minimum absolute atomic E-state index is 0.0288. The van der Waals surface area contributed by atoms with E-state index in [1.54, 1.807) is 12.1 Å². The number of ether oxygens (including phenoxy) is 2. The first-order valence-corrected chi connectivity index (χ1v) is 11.3. The lowest BCUT2D eigenvalue weighted by Gasteiger charge is -2.26. The molecule has 38 heavy (non-hydrogen) atoms. The number of amides is 1. The zero-order valence-electron chi connectivity index (χ0n) is 19.8. The van der Waals surface area contributed by atoms with Crippen molar-refractivity contribution in [2.24, 2.45) is 0 Å². The monoisotopic (exact) mass is 525 g/mol. The van der Waals surface area contributed by atoms with Gasteiger partial charge in [-0.2, -0.15) is 13.2 Å². The average Bonchev–Trinajstić information content (AvgIpc) is 3.19. The Hall–Kier alpha value is -4.60. The van der Waals surface area contributed by atoms with Crippen molar-refractivity contribution in [3.63, 3.8) is 0 Å². The molecule has 1 amide bonds. The van der Waals surface area contributed by atoms with Gasteiger partial charge in [0.2, 0.25) is 5.76 Å². The number of carbonyl (C=O) groups excluding carboxylic acids is 1. The molecule has 10 heteroatoms. The molecule has 0 saturated carbocycles. The standard InChI is InChI=1S/C28H19F4NO5/c1-3-11-37-21-9-7-15(12-22(21)36-2)24-23-25(34)19-14-17(29)8-10-20(19)38-26(23)27(35)33(24)18-6-4-5-16(13-18)28(30,31)32/h3-10,12-14,24H,1,11H2,2H3. The Morgan fingerprint density at radius 2 is 1.84 bits per heavy atom. The molecular weight excluding hydrogens is 506 g/mol. The lowest BCUT2D eigenvalue weighted by Crippen LogP contribution is -2.29. The number of hydrogen-bond acceptors (Lipinski definition) is 5. The highest BCUT2D eigenvalue weighted by Crippen LogP contribution is 2.44. The summed E-state index contributed by atoms with van der Waals surface area (Å²) in [7, 11) is 1.39. The second-order valence-electron chi connectivity index (χ2n) is 8.45. The zero-order valence-corrected chi connectivity index (χ0v) is 19.8. The fraction of sp³-hybridized carbons (Fsp3) is 0.143. The number of rotatable bonds is 6. The summed E-state index contributed by atoms with van der Waals surface area (Å²) in [6.45, 7) is 3.77. The van der Waals surface area contributed by atoms with Crippen molar-refractivity contribution in [3.8, 4) is 11.5 Å². The van der Waals surface area contributed by atoms with Gasteiger partial charge in [0.15, 0.2) is 16.9 Å². The topological polar surface area (TPSA) is 69.0 Å². The Labute approximate surface area is 213 Å². The van der Waals surface area contributed by atoms with Crippen LogP contribution in [0.1, 0.15) is 33.3 Å². The molecule has 194 valence electrons. The van der Waals surface area contributed by atoms with E-state index in [1.807, 2.05) is 0 Å². The van der Waals surface area contributed by atoms with Gasteiger partial charge in [0.05, 0.1) is 29.7 Å². The molecule has 3 aromatic carbocycles. The van der Waals surface area contributed by atoms with Gasteiger partial charge in [-0.05, 0) is 54.1 Å². The van der Waals surface area contributed by atoms with Crippen molar-refractivity contribution in [2.75, 3.05) is 18.6 Å². The minimum Gasteiger partial charge on any atom is -0.493 e. The van der Waals surface area contributed by atoms with Gasteiger partial charge in [-0.3, -0.25) is 14.5 Å². The summed E-state index contributed by atoms with van der Waals surface area (Å²) in [5.74, 6) is -1.25. The lowest BCUT2D eigenvalue weighted by molar-refractivity contribution is -0.137. The number of halogens is 4. The van der Waals surface area contributed by atoms with Gasteiger partial charge in [-0.1, -0.05) is 24.8 Å². The summed E-state index contributed by atoms with van der Waals surface area (Å²) in [5.41, 5.74) is -1.59. The third-order valence-corrected chi connectivity index (χ3v) is 6.14. The Morgan fingerprint density at radius 1 is 1.05 bits per heavy atom. The van der Waals surface area contributed by atoms with E-state index in [0.29, 0.717) is 11.3 Å². The maximum Gasteiger partial charge on any atom is 0.416 e. The van der Waals surface area contributed by atoms with E-state index in [2.05, 4.69) is 6.58 Å². The average molecular weight is 525 g/mol. The lowest BCUT2D eigenvalue weighted by atomic mass is 9.97. The van der Waals surface area contributed by atoms with Crippen molar-refractivity contribution in [1.29, 1.82) is 0 Å². The molecule has 4 aromatic rings. The molecule has 1 aliphatic heterocycles. The van der Waals surface area contributed by atoms with Gasteiger partial charge in [-0.15, -0.1) is 0 Å². The van der Waals surface area contributed by atoms with E-state index in [1.165, 1.54) is 37.5 Å². The highest BCUT2D eigenvalue weighted by atomic mass is 19.4. The van der Waals surface area contributed by atoms with E-state index in [4.69, 9.17) is 13.9 Å². The molecule has 1 atom stereocenters. The summed E-state index contributed by atoms with van der Waals surface area (Å²) in [4.78, 5) is 28.3. The number of methoxy groups -OCH3 is 1. The fourth-order valence-corrected chi connectivity index (χ4v) is 4.48. The third kappa shape index (κ3) is 4.17. The van der Waals surface area contributed by atoms with Crippen LogP contribution >= 0.6 is 0 Å². The Morgan fingerprint density at radius 3 is 2.55 bits per heavy atom. The Balaban J connectivity index is 1.77. The van der Waals surface area contributed by atoms with Crippen LogP contribution in [-0.4, -0.2) is 19.6 Å². The highest BCUT2D eigenvalue weighted by molar-refractivity contribution is 6.10. The van der Waals surface area contributed by atoms with E-state index in [0.717, 1.165) is 29.2 Å². The summed E-state index contributed by atoms with van der Waals surface area (Å²) in [6, 6.07) is 10.9. The minimum atomic E-state index is -4.67. The molecule has 0 saturated heterocycles. The molecule has 1 aromatic heterocycles. The van der Waals surface area contributed by atoms with Gasteiger partial charge >= 0.3 is 6.18 Å². The van der Waals surface area contributed by atoms with Gasteiger partial charge in [0, 0.05) is 5.69 Å². The number of anilines is 1. The van der Waals surface area contributed by atoms with Crippen molar-refractivity contribution in [3.05, 3.63) is 112 Å². The molecule has 1 unspecified atom stereocenters. The normalized spacial score (nSPS) is 15.0. The van der Waals surface area contributed by atoms with Crippen LogP contribution in [0.4, 0.5) is 23.2 Å². The predicted octanol–water partition coefficient (Wildman–Crippen LogP) is 6.27. The fourth-order valence-electron chi connectivity index (χ4n) is 4.48. The van der Waals surface area contributed by atoms with E-state index in [-0.39, 0.29) is 40.3 Å². The predicted molar refractivity (Wildman–Crippen MR) is 131 cm³/mol. The number of hydrogen-bond donors (Lipinski definition) is 0. The first-order chi connectivity index (χ1) is 18.1. The summed E-state index contributed by atoms with van der Waals surface area (Å²) in [6.07, 6.45) is -3.14. The van der Waals surface area contributed by atoms with Gasteiger partial charge in [0.1, 0.15) is 18.0 Å². The quantitative estimate of drug-likeness (QED) is 0.219. The second kappa shape index (κ2) is 9.37. The number of carbonyl (C=O) groups is 1. The molecular formula is C28H19F4NO5. The van der Waals surface area contributed by atoms with Crippen LogP contribution in [0.3, 0.4) is 0 Å². The van der Waals surface area contributed by atoms with Crippen LogP contribution in [-0.2, 0) is 6.18 Å². The van der Waals surface area contributed by atoms with E-state index >= 15 is 0 Å². The van der Waals surface area contributed by atoms with Gasteiger partial charge in [0.25, 0.3) is 5.91 Å². The Kier molecular flexibility index (Phi) is 6.18. The molecule has 0 fully saturated rings. The summed E-state index contributed by atoms with van der Waals surface area (Å²) in [5, 5.41) is -0.106. The summed E-state index contributed by atoms with van der Waals surface area (Å²) < 4.78 is 71.3. The molecule has 0 aliphatic carbocycles. The first kappa shape index (κ1) is 25.1. The van der Waals surface area contributed by atoms with E-state index in [9.17, 15) is 27.2 Å². The number of fused-ring (bicyclic) bond motifs is 2. The smallest absolute Gasteiger partial charge is 0.416 e. The molecule has 5 rings (SSSR count). The maximum atomic E-state index is 14.0. The zero-order chi connectivity index (χ0) is 27.2. The van der Waals surface area contributed by atoms with Crippen LogP contribution in [0, 0.1) is 5.82 Å². The van der Waals surface area contributed by atoms with Gasteiger partial charge < -0.3 is 13.9 Å².